The van der Waals surface area contributed by atoms with Crippen LogP contribution in [0.1, 0.15) is 17.2 Å². The third-order valence-electron chi connectivity index (χ3n) is 5.32. The van der Waals surface area contributed by atoms with E-state index in [9.17, 15) is 13.6 Å². The van der Waals surface area contributed by atoms with Gasteiger partial charge in [-0.3, -0.25) is 9.69 Å². The average molecular weight is 358 g/mol. The van der Waals surface area contributed by atoms with Gasteiger partial charge in [-0.25, -0.2) is 8.78 Å². The highest BCUT2D eigenvalue weighted by atomic mass is 19.1. The van der Waals surface area contributed by atoms with Crippen molar-refractivity contribution in [3.63, 3.8) is 0 Å². The van der Waals surface area contributed by atoms with Crippen LogP contribution < -0.4 is 10.1 Å². The summed E-state index contributed by atoms with van der Waals surface area (Å²) in [5, 5.41) is 2.93. The molecule has 4 rings (SSSR count). The Morgan fingerprint density at radius 2 is 1.92 bits per heavy atom. The third kappa shape index (κ3) is 3.05. The number of halogens is 2. The molecule has 0 spiro atoms. The molecule has 0 unspecified atom stereocenters. The van der Waals surface area contributed by atoms with Crippen molar-refractivity contribution in [2.45, 2.75) is 12.6 Å². The predicted octanol–water partition coefficient (Wildman–Crippen LogP) is 2.89. The largest absolute Gasteiger partial charge is 0.493 e. The molecule has 2 heterocycles. The minimum atomic E-state index is -0.300. The Bertz CT molecular complexity index is 825. The number of nitrogens with zero attached hydrogens (tertiary/aromatic N) is 1. The molecule has 1 N–H and O–H groups in total. The summed E-state index contributed by atoms with van der Waals surface area (Å²) < 4.78 is 32.4. The molecule has 4 nitrogen and oxygen atoms in total. The molecule has 0 aliphatic carbocycles. The first-order valence-corrected chi connectivity index (χ1v) is 8.67. The maximum absolute atomic E-state index is 13.7. The normalized spacial score (nSPS) is 24.5. The van der Waals surface area contributed by atoms with E-state index in [-0.39, 0.29) is 35.4 Å². The lowest BCUT2D eigenvalue weighted by molar-refractivity contribution is -0.126. The maximum Gasteiger partial charge on any atom is 0.225 e. The van der Waals surface area contributed by atoms with E-state index in [0.29, 0.717) is 25.4 Å². The molecule has 2 aliphatic heterocycles. The van der Waals surface area contributed by atoms with E-state index in [1.165, 1.54) is 24.3 Å². The number of carbonyl (C=O) groups excluding carboxylic acids is 1. The van der Waals surface area contributed by atoms with Gasteiger partial charge in [0.2, 0.25) is 5.91 Å². The van der Waals surface area contributed by atoms with E-state index in [1.807, 2.05) is 7.05 Å². The van der Waals surface area contributed by atoms with Gasteiger partial charge in [-0.2, -0.15) is 0 Å². The molecule has 0 bridgehead atoms. The molecule has 1 amide bonds. The summed E-state index contributed by atoms with van der Waals surface area (Å²) in [7, 11) is 1.95. The highest BCUT2D eigenvalue weighted by Gasteiger charge is 2.47. The van der Waals surface area contributed by atoms with Gasteiger partial charge in [0.05, 0.1) is 12.5 Å². The smallest absolute Gasteiger partial charge is 0.225 e. The van der Waals surface area contributed by atoms with E-state index in [2.05, 4.69) is 10.2 Å². The molecule has 0 saturated carbocycles. The minimum Gasteiger partial charge on any atom is -0.493 e. The van der Waals surface area contributed by atoms with Gasteiger partial charge in [0.1, 0.15) is 17.4 Å². The molecule has 1 saturated heterocycles. The van der Waals surface area contributed by atoms with Crippen LogP contribution in [0.25, 0.3) is 0 Å². The first-order chi connectivity index (χ1) is 12.5. The molecule has 2 aromatic carbocycles. The molecule has 26 heavy (non-hydrogen) atoms. The number of hydrogen-bond donors (Lipinski definition) is 1. The van der Waals surface area contributed by atoms with Crippen molar-refractivity contribution in [1.29, 1.82) is 0 Å². The van der Waals surface area contributed by atoms with Crippen LogP contribution in [0.4, 0.5) is 8.78 Å². The Labute approximate surface area is 150 Å². The van der Waals surface area contributed by atoms with Crippen LogP contribution in [0.3, 0.4) is 0 Å². The van der Waals surface area contributed by atoms with Gasteiger partial charge in [-0.1, -0.05) is 12.1 Å². The van der Waals surface area contributed by atoms with Crippen LogP contribution in [-0.2, 0) is 11.3 Å². The molecule has 0 radical (unpaired) electrons. The van der Waals surface area contributed by atoms with Crippen LogP contribution >= 0.6 is 0 Å². The number of fused-ring (bicyclic) bond motifs is 3. The molecular weight excluding hydrogens is 338 g/mol. The van der Waals surface area contributed by atoms with Crippen molar-refractivity contribution in [1.82, 2.24) is 10.2 Å². The van der Waals surface area contributed by atoms with Gasteiger partial charge in [0.15, 0.2) is 0 Å². The number of likely N-dealkylation sites (tertiary alicyclic amines) is 1. The lowest BCUT2D eigenvalue weighted by Gasteiger charge is -2.33. The second-order valence-corrected chi connectivity index (χ2v) is 6.99. The Kier molecular flexibility index (Phi) is 4.36. The number of amides is 1. The summed E-state index contributed by atoms with van der Waals surface area (Å²) in [6, 6.07) is 10.6. The van der Waals surface area contributed by atoms with E-state index >= 15 is 0 Å². The number of benzene rings is 2. The maximum atomic E-state index is 13.7. The fraction of sp³-hybridized carbons (Fsp3) is 0.350. The van der Waals surface area contributed by atoms with Gasteiger partial charge < -0.3 is 10.1 Å². The predicted molar refractivity (Wildman–Crippen MR) is 92.5 cm³/mol. The summed E-state index contributed by atoms with van der Waals surface area (Å²) in [6.45, 7) is 1.37. The van der Waals surface area contributed by atoms with Crippen LogP contribution in [-0.4, -0.2) is 31.0 Å². The number of hydrogen-bond acceptors (Lipinski definition) is 3. The molecular formula is C20H20F2N2O2. The topological polar surface area (TPSA) is 41.6 Å². The van der Waals surface area contributed by atoms with E-state index in [0.717, 1.165) is 11.1 Å². The van der Waals surface area contributed by atoms with Crippen molar-refractivity contribution < 1.29 is 18.3 Å². The third-order valence-corrected chi connectivity index (χ3v) is 5.32. The lowest BCUT2D eigenvalue weighted by Crippen LogP contribution is -2.37. The zero-order chi connectivity index (χ0) is 18.3. The van der Waals surface area contributed by atoms with Crippen LogP contribution in [0.2, 0.25) is 0 Å². The van der Waals surface area contributed by atoms with Crippen molar-refractivity contribution in [2.75, 3.05) is 20.2 Å². The highest BCUT2D eigenvalue weighted by Crippen LogP contribution is 2.46. The second-order valence-electron chi connectivity index (χ2n) is 6.99. The van der Waals surface area contributed by atoms with Crippen LogP contribution in [0.15, 0.2) is 42.5 Å². The monoisotopic (exact) mass is 358 g/mol. The number of ether oxygens (including phenoxy) is 1. The molecule has 3 atom stereocenters. The standard InChI is InChI=1S/C20H20F2N2O2/c1-24-10-16(20(25)23-9-12-2-4-13(21)5-3-12)17-11-26-18-7-6-14(22)8-15(18)19(17)24/h2-8,16-17,19H,9-11H2,1H3,(H,23,25)/t16-,17+,19+/m1/s1. The quantitative estimate of drug-likeness (QED) is 0.917. The SMILES string of the molecule is CN1C[C@@H](C(=O)NCc2ccc(F)cc2)[C@@H]2COc3ccc(F)cc3[C@@H]21. The zero-order valence-electron chi connectivity index (χ0n) is 14.4. The Hall–Kier alpha value is -2.47. The highest BCUT2D eigenvalue weighted by molar-refractivity contribution is 5.80. The zero-order valence-corrected chi connectivity index (χ0v) is 14.4. The summed E-state index contributed by atoms with van der Waals surface area (Å²) in [5.74, 6) is -0.232. The Morgan fingerprint density at radius 1 is 1.19 bits per heavy atom. The molecule has 6 heteroatoms. The molecule has 2 aromatic rings. The average Bonchev–Trinajstić information content (AvgIpc) is 2.98. The van der Waals surface area contributed by atoms with Crippen molar-refractivity contribution in [2.24, 2.45) is 11.8 Å². The summed E-state index contributed by atoms with van der Waals surface area (Å²) in [5.41, 5.74) is 1.65. The van der Waals surface area contributed by atoms with Crippen molar-refractivity contribution >= 4 is 5.91 Å². The fourth-order valence-electron chi connectivity index (χ4n) is 4.05. The van der Waals surface area contributed by atoms with Crippen molar-refractivity contribution in [3.8, 4) is 5.75 Å². The summed E-state index contributed by atoms with van der Waals surface area (Å²) in [6.07, 6.45) is 0. The van der Waals surface area contributed by atoms with Crippen molar-refractivity contribution in [3.05, 3.63) is 65.2 Å². The van der Waals surface area contributed by atoms with Gasteiger partial charge >= 0.3 is 0 Å². The lowest BCUT2D eigenvalue weighted by atomic mass is 9.85. The van der Waals surface area contributed by atoms with Crippen LogP contribution in [0.5, 0.6) is 5.75 Å². The second kappa shape index (κ2) is 6.68. The van der Waals surface area contributed by atoms with Gasteiger partial charge in [0, 0.05) is 30.6 Å². The van der Waals surface area contributed by atoms with E-state index in [4.69, 9.17) is 4.74 Å². The first kappa shape index (κ1) is 17.0. The molecule has 2 aliphatic rings. The molecule has 1 fully saturated rings. The van der Waals surface area contributed by atoms with Gasteiger partial charge in [-0.15, -0.1) is 0 Å². The van der Waals surface area contributed by atoms with Gasteiger partial charge in [-0.05, 0) is 42.9 Å². The minimum absolute atomic E-state index is 0.0254. The number of carbonyl (C=O) groups is 1. The Morgan fingerprint density at radius 3 is 2.69 bits per heavy atom. The summed E-state index contributed by atoms with van der Waals surface area (Å²) >= 11 is 0. The van der Waals surface area contributed by atoms with E-state index in [1.54, 1.807) is 18.2 Å². The van der Waals surface area contributed by atoms with Gasteiger partial charge in [0.25, 0.3) is 0 Å². The Balaban J connectivity index is 1.48. The number of rotatable bonds is 3. The number of nitrogens with one attached hydrogen (secondary N) is 1. The molecule has 0 aromatic heterocycles. The molecule has 136 valence electrons. The first-order valence-electron chi connectivity index (χ1n) is 8.67. The van der Waals surface area contributed by atoms with E-state index < -0.39 is 0 Å². The summed E-state index contributed by atoms with van der Waals surface area (Å²) in [4.78, 5) is 14.8. The fourth-order valence-corrected chi connectivity index (χ4v) is 4.05. The van der Waals surface area contributed by atoms with Crippen LogP contribution in [0, 0.1) is 23.5 Å².